The van der Waals surface area contributed by atoms with E-state index in [1.165, 1.54) is 12.1 Å². The molecule has 1 amide bonds. The molecule has 0 radical (unpaired) electrons. The lowest BCUT2D eigenvalue weighted by Gasteiger charge is -2.24. The Morgan fingerprint density at radius 2 is 1.75 bits per heavy atom. The highest BCUT2D eigenvalue weighted by Crippen LogP contribution is 2.23. The Balaban J connectivity index is 1.68. The maximum atomic E-state index is 13.6. The van der Waals surface area contributed by atoms with E-state index < -0.39 is 0 Å². The van der Waals surface area contributed by atoms with Crippen LogP contribution in [-0.4, -0.2) is 26.9 Å². The van der Waals surface area contributed by atoms with Crippen LogP contribution in [-0.2, 0) is 17.8 Å². The normalized spacial score (nSPS) is 11.2. The number of carbonyl (C=O) groups is 1. The van der Waals surface area contributed by atoms with Crippen LogP contribution >= 0.6 is 0 Å². The molecule has 164 valence electrons. The maximum Gasteiger partial charge on any atom is 0.227 e. The monoisotopic (exact) mass is 429 g/mol. The fourth-order valence-electron chi connectivity index (χ4n) is 3.86. The molecule has 0 spiro atoms. The number of fused-ring (bicyclic) bond motifs is 1. The van der Waals surface area contributed by atoms with Crippen LogP contribution < -0.4 is 0 Å². The van der Waals surface area contributed by atoms with Crippen molar-refractivity contribution in [1.82, 2.24) is 14.5 Å². The van der Waals surface area contributed by atoms with Gasteiger partial charge in [-0.05, 0) is 54.3 Å². The van der Waals surface area contributed by atoms with Crippen molar-refractivity contribution in [1.29, 1.82) is 0 Å². The second kappa shape index (κ2) is 9.77. The van der Waals surface area contributed by atoms with E-state index in [-0.39, 0.29) is 18.1 Å². The molecule has 1 aromatic heterocycles. The van der Waals surface area contributed by atoms with Crippen molar-refractivity contribution in [3.8, 4) is 5.69 Å². The fourth-order valence-corrected chi connectivity index (χ4v) is 3.86. The second-order valence-corrected chi connectivity index (χ2v) is 8.49. The number of para-hydroxylation sites is 3. The zero-order valence-electron chi connectivity index (χ0n) is 18.5. The van der Waals surface area contributed by atoms with Gasteiger partial charge in [0.1, 0.15) is 11.6 Å². The third kappa shape index (κ3) is 5.05. The minimum Gasteiger partial charge on any atom is -0.335 e. The van der Waals surface area contributed by atoms with E-state index in [1.807, 2.05) is 59.5 Å². The van der Waals surface area contributed by atoms with Gasteiger partial charge in [-0.25, -0.2) is 9.37 Å². The van der Waals surface area contributed by atoms with Gasteiger partial charge in [0.15, 0.2) is 0 Å². The van der Waals surface area contributed by atoms with Crippen LogP contribution in [0.5, 0.6) is 0 Å². The number of halogens is 1. The number of imidazole rings is 1. The van der Waals surface area contributed by atoms with Crippen molar-refractivity contribution in [2.75, 3.05) is 6.54 Å². The standard InChI is InChI=1S/C27H28FN3O/c1-20(2)15-16-30(27(32)18-21-9-8-10-22(28)17-21)19-26-29-24-13-6-7-14-25(24)31(26)23-11-4-3-5-12-23/h3-14,17,20H,15-16,18-19H2,1-2H3. The Kier molecular flexibility index (Phi) is 6.64. The van der Waals surface area contributed by atoms with E-state index >= 15 is 0 Å². The molecule has 0 N–H and O–H groups in total. The van der Waals surface area contributed by atoms with Crippen LogP contribution in [0, 0.1) is 11.7 Å². The quantitative estimate of drug-likeness (QED) is 0.356. The predicted octanol–water partition coefficient (Wildman–Crippen LogP) is 5.78. The number of carbonyl (C=O) groups excluding carboxylic acids is 1. The van der Waals surface area contributed by atoms with Crippen molar-refractivity contribution < 1.29 is 9.18 Å². The Morgan fingerprint density at radius 1 is 1.00 bits per heavy atom. The van der Waals surface area contributed by atoms with Gasteiger partial charge < -0.3 is 4.90 Å². The van der Waals surface area contributed by atoms with Gasteiger partial charge in [-0.3, -0.25) is 9.36 Å². The highest BCUT2D eigenvalue weighted by Gasteiger charge is 2.20. The minimum atomic E-state index is -0.324. The molecule has 0 saturated heterocycles. The van der Waals surface area contributed by atoms with Crippen LogP contribution in [0.1, 0.15) is 31.7 Å². The van der Waals surface area contributed by atoms with E-state index in [2.05, 4.69) is 18.4 Å². The molecule has 0 bridgehead atoms. The number of aromatic nitrogens is 2. The summed E-state index contributed by atoms with van der Waals surface area (Å²) >= 11 is 0. The maximum absolute atomic E-state index is 13.6. The largest absolute Gasteiger partial charge is 0.335 e. The Morgan fingerprint density at radius 3 is 2.50 bits per heavy atom. The smallest absolute Gasteiger partial charge is 0.227 e. The van der Waals surface area contributed by atoms with Crippen molar-refractivity contribution in [3.05, 3.63) is 96.1 Å². The van der Waals surface area contributed by atoms with Gasteiger partial charge in [0.2, 0.25) is 5.91 Å². The summed E-state index contributed by atoms with van der Waals surface area (Å²) in [5.41, 5.74) is 3.60. The van der Waals surface area contributed by atoms with Crippen molar-refractivity contribution >= 4 is 16.9 Å². The van der Waals surface area contributed by atoms with Gasteiger partial charge in [-0.15, -0.1) is 0 Å². The lowest BCUT2D eigenvalue weighted by atomic mass is 10.1. The molecule has 5 heteroatoms. The Hall–Kier alpha value is -3.47. The highest BCUT2D eigenvalue weighted by atomic mass is 19.1. The molecule has 0 unspecified atom stereocenters. The van der Waals surface area contributed by atoms with E-state index in [1.54, 1.807) is 12.1 Å². The average molecular weight is 430 g/mol. The molecule has 0 fully saturated rings. The predicted molar refractivity (Wildman–Crippen MR) is 126 cm³/mol. The summed E-state index contributed by atoms with van der Waals surface area (Å²) in [5, 5.41) is 0. The molecule has 0 atom stereocenters. The summed E-state index contributed by atoms with van der Waals surface area (Å²) in [6.07, 6.45) is 1.06. The lowest BCUT2D eigenvalue weighted by Crippen LogP contribution is -2.34. The van der Waals surface area contributed by atoms with Crippen molar-refractivity contribution in [2.24, 2.45) is 5.92 Å². The first-order valence-corrected chi connectivity index (χ1v) is 11.1. The molecule has 0 aliphatic carbocycles. The number of benzene rings is 3. The summed E-state index contributed by atoms with van der Waals surface area (Å²) in [6, 6.07) is 24.3. The summed E-state index contributed by atoms with van der Waals surface area (Å²) < 4.78 is 15.8. The Bertz CT molecular complexity index is 1200. The molecule has 0 saturated carbocycles. The van der Waals surface area contributed by atoms with Gasteiger partial charge in [-0.2, -0.15) is 0 Å². The molecular formula is C27H28FN3O. The molecule has 32 heavy (non-hydrogen) atoms. The third-order valence-corrected chi connectivity index (χ3v) is 5.55. The first-order chi connectivity index (χ1) is 15.5. The van der Waals surface area contributed by atoms with E-state index in [4.69, 9.17) is 4.98 Å². The molecule has 1 heterocycles. The third-order valence-electron chi connectivity index (χ3n) is 5.55. The molecule has 3 aromatic carbocycles. The lowest BCUT2D eigenvalue weighted by molar-refractivity contribution is -0.131. The SMILES string of the molecule is CC(C)CCN(Cc1nc2ccccc2n1-c1ccccc1)C(=O)Cc1cccc(F)c1. The number of hydrogen-bond acceptors (Lipinski definition) is 2. The Labute approximate surface area is 188 Å². The summed E-state index contributed by atoms with van der Waals surface area (Å²) in [5.74, 6) is 0.930. The highest BCUT2D eigenvalue weighted by molar-refractivity contribution is 5.80. The molecule has 0 aliphatic heterocycles. The zero-order chi connectivity index (χ0) is 22.5. The zero-order valence-corrected chi connectivity index (χ0v) is 18.5. The molecule has 4 aromatic rings. The second-order valence-electron chi connectivity index (χ2n) is 8.49. The van der Waals surface area contributed by atoms with Gasteiger partial charge in [0.05, 0.1) is 24.0 Å². The number of rotatable bonds is 8. The van der Waals surface area contributed by atoms with Gasteiger partial charge in [0, 0.05) is 12.2 Å². The van der Waals surface area contributed by atoms with Crippen molar-refractivity contribution in [2.45, 2.75) is 33.2 Å². The number of nitrogens with zero attached hydrogens (tertiary/aromatic N) is 3. The fraction of sp³-hybridized carbons (Fsp3) is 0.259. The van der Waals surface area contributed by atoms with E-state index in [0.29, 0.717) is 24.6 Å². The number of hydrogen-bond donors (Lipinski definition) is 0. The summed E-state index contributed by atoms with van der Waals surface area (Å²) in [4.78, 5) is 20.0. The van der Waals surface area contributed by atoms with Crippen LogP contribution in [0.15, 0.2) is 78.9 Å². The summed E-state index contributed by atoms with van der Waals surface area (Å²) in [7, 11) is 0. The average Bonchev–Trinajstić information content (AvgIpc) is 3.15. The molecule has 4 rings (SSSR count). The minimum absolute atomic E-state index is 0.0251. The van der Waals surface area contributed by atoms with Crippen LogP contribution in [0.2, 0.25) is 0 Å². The van der Waals surface area contributed by atoms with Crippen LogP contribution in [0.25, 0.3) is 16.7 Å². The van der Waals surface area contributed by atoms with Gasteiger partial charge >= 0.3 is 0 Å². The van der Waals surface area contributed by atoms with Gasteiger partial charge in [-0.1, -0.05) is 56.3 Å². The van der Waals surface area contributed by atoms with Crippen molar-refractivity contribution in [3.63, 3.8) is 0 Å². The first kappa shape index (κ1) is 21.8. The van der Waals surface area contributed by atoms with Crippen LogP contribution in [0.3, 0.4) is 0 Å². The molecular weight excluding hydrogens is 401 g/mol. The molecule has 0 aliphatic rings. The van der Waals surface area contributed by atoms with E-state index in [9.17, 15) is 9.18 Å². The topological polar surface area (TPSA) is 38.1 Å². The van der Waals surface area contributed by atoms with Crippen LogP contribution in [0.4, 0.5) is 4.39 Å². The molecule has 4 nitrogen and oxygen atoms in total. The van der Waals surface area contributed by atoms with Gasteiger partial charge in [0.25, 0.3) is 0 Å². The summed E-state index contributed by atoms with van der Waals surface area (Å²) in [6.45, 7) is 5.32. The van der Waals surface area contributed by atoms with E-state index in [0.717, 1.165) is 29.0 Å². The first-order valence-electron chi connectivity index (χ1n) is 11.1. The number of amides is 1.